The third-order valence-electron chi connectivity index (χ3n) is 4.12. The highest BCUT2D eigenvalue weighted by molar-refractivity contribution is 5.93. The van der Waals surface area contributed by atoms with Gasteiger partial charge in [0, 0.05) is 29.1 Å². The van der Waals surface area contributed by atoms with Crippen LogP contribution in [0.2, 0.25) is 0 Å². The summed E-state index contributed by atoms with van der Waals surface area (Å²) in [5.41, 5.74) is 7.01. The van der Waals surface area contributed by atoms with Crippen LogP contribution in [0.15, 0.2) is 97.3 Å². The lowest BCUT2D eigenvalue weighted by molar-refractivity contribution is 1.33. The first kappa shape index (κ1) is 14.4. The van der Waals surface area contributed by atoms with Crippen molar-refractivity contribution in [3.8, 4) is 33.4 Å². The van der Waals surface area contributed by atoms with E-state index in [0.717, 1.165) is 11.1 Å². The highest BCUT2D eigenvalue weighted by Crippen LogP contribution is 2.38. The molecule has 1 aromatic heterocycles. The van der Waals surface area contributed by atoms with Gasteiger partial charge in [0.15, 0.2) is 0 Å². The predicted molar refractivity (Wildman–Crippen MR) is 99.4 cm³/mol. The molecule has 0 spiro atoms. The van der Waals surface area contributed by atoms with E-state index in [9.17, 15) is 0 Å². The molecule has 0 aliphatic rings. The van der Waals surface area contributed by atoms with Gasteiger partial charge in [-0.05, 0) is 22.8 Å². The van der Waals surface area contributed by atoms with Crippen molar-refractivity contribution in [3.63, 3.8) is 0 Å². The Hall–Kier alpha value is -3.19. The van der Waals surface area contributed by atoms with E-state index in [4.69, 9.17) is 0 Å². The molecule has 0 saturated heterocycles. The molecule has 1 nitrogen and oxygen atoms in total. The number of rotatable bonds is 3. The van der Waals surface area contributed by atoms with Gasteiger partial charge in [-0.15, -0.1) is 0 Å². The summed E-state index contributed by atoms with van der Waals surface area (Å²) in [6, 6.07) is 32.1. The number of benzene rings is 3. The zero-order chi connectivity index (χ0) is 16.2. The highest BCUT2D eigenvalue weighted by Gasteiger charge is 2.14. The van der Waals surface area contributed by atoms with Crippen molar-refractivity contribution in [2.75, 3.05) is 0 Å². The molecule has 113 valence electrons. The molecule has 24 heavy (non-hydrogen) atoms. The van der Waals surface area contributed by atoms with Gasteiger partial charge in [-0.1, -0.05) is 84.9 Å². The number of hydrogen-bond acceptors (Lipinski definition) is 1. The highest BCUT2D eigenvalue weighted by atomic mass is 14.6. The fourth-order valence-corrected chi connectivity index (χ4v) is 3.00. The lowest BCUT2D eigenvalue weighted by Crippen LogP contribution is -1.92. The van der Waals surface area contributed by atoms with E-state index in [1.807, 2.05) is 36.7 Å². The molecule has 1 radical (unpaired) electrons. The van der Waals surface area contributed by atoms with Gasteiger partial charge in [0.25, 0.3) is 0 Å². The second kappa shape index (κ2) is 6.51. The third-order valence-corrected chi connectivity index (χ3v) is 4.12. The van der Waals surface area contributed by atoms with E-state index in [0.29, 0.717) is 0 Å². The first-order valence-electron chi connectivity index (χ1n) is 7.99. The number of nitrogens with zero attached hydrogens (tertiary/aromatic N) is 1. The van der Waals surface area contributed by atoms with E-state index in [2.05, 4.69) is 71.7 Å². The molecule has 0 saturated carbocycles. The summed E-state index contributed by atoms with van der Waals surface area (Å²) in [6.45, 7) is 0. The monoisotopic (exact) mass is 306 g/mol. The van der Waals surface area contributed by atoms with Gasteiger partial charge in [-0.25, -0.2) is 0 Å². The van der Waals surface area contributed by atoms with Crippen LogP contribution in [0.5, 0.6) is 0 Å². The van der Waals surface area contributed by atoms with Crippen molar-refractivity contribution < 1.29 is 0 Å². The van der Waals surface area contributed by atoms with E-state index in [1.54, 1.807) is 0 Å². The average Bonchev–Trinajstić information content (AvgIpc) is 2.69. The molecule has 0 atom stereocenters. The van der Waals surface area contributed by atoms with Crippen LogP contribution < -0.4 is 0 Å². The summed E-state index contributed by atoms with van der Waals surface area (Å²) in [6.07, 6.45) is 3.90. The van der Waals surface area contributed by atoms with Crippen molar-refractivity contribution in [2.45, 2.75) is 0 Å². The molecular weight excluding hydrogens is 290 g/mol. The standard InChI is InChI=1S/C23H16N/c1-4-10-18(11-5-1)21-16-24-17-22(19-12-6-2-7-13-19)23(21)20-14-8-3-9-15-20/h1-2,4-17H. The molecule has 0 N–H and O–H groups in total. The maximum atomic E-state index is 4.52. The summed E-state index contributed by atoms with van der Waals surface area (Å²) in [5, 5.41) is 0. The Morgan fingerprint density at radius 3 is 1.54 bits per heavy atom. The van der Waals surface area contributed by atoms with Crippen LogP contribution in [0.3, 0.4) is 0 Å². The maximum Gasteiger partial charge on any atom is 0.0353 e. The number of pyridine rings is 1. The normalized spacial score (nSPS) is 10.5. The first-order chi connectivity index (χ1) is 11.9. The molecular formula is C23H16N. The van der Waals surface area contributed by atoms with Crippen molar-refractivity contribution in [2.24, 2.45) is 0 Å². The van der Waals surface area contributed by atoms with Crippen LogP contribution in [0.25, 0.3) is 33.4 Å². The van der Waals surface area contributed by atoms with Crippen molar-refractivity contribution in [3.05, 3.63) is 103 Å². The summed E-state index contributed by atoms with van der Waals surface area (Å²) >= 11 is 0. The molecule has 0 aliphatic carbocycles. The zero-order valence-corrected chi connectivity index (χ0v) is 13.2. The molecule has 1 heterocycles. The fraction of sp³-hybridized carbons (Fsp3) is 0. The Labute approximate surface area is 142 Å². The summed E-state index contributed by atoms with van der Waals surface area (Å²) in [7, 11) is 0. The van der Waals surface area contributed by atoms with E-state index in [1.165, 1.54) is 22.3 Å². The quantitative estimate of drug-likeness (QED) is 0.460. The first-order valence-corrected chi connectivity index (χ1v) is 7.99. The number of aromatic nitrogens is 1. The molecule has 4 rings (SSSR count). The Balaban J connectivity index is 2.02. The molecule has 0 bridgehead atoms. The molecule has 1 heteroatoms. The summed E-state index contributed by atoms with van der Waals surface area (Å²) in [5.74, 6) is 0. The lowest BCUT2D eigenvalue weighted by atomic mass is 9.90. The molecule has 0 unspecified atom stereocenters. The predicted octanol–water partition coefficient (Wildman–Crippen LogP) is 5.88. The SMILES string of the molecule is [c]1ccc(-c2c(-c3ccccc3)cncc2-c2ccccc2)cc1. The van der Waals surface area contributed by atoms with E-state index in [-0.39, 0.29) is 0 Å². The van der Waals surface area contributed by atoms with E-state index >= 15 is 0 Å². The Morgan fingerprint density at radius 2 is 1.04 bits per heavy atom. The smallest absolute Gasteiger partial charge is 0.0353 e. The van der Waals surface area contributed by atoms with Gasteiger partial charge in [-0.3, -0.25) is 4.98 Å². The molecule has 0 fully saturated rings. The van der Waals surface area contributed by atoms with Gasteiger partial charge in [-0.2, -0.15) is 0 Å². The minimum atomic E-state index is 1.14. The maximum absolute atomic E-state index is 4.52. The summed E-state index contributed by atoms with van der Waals surface area (Å²) < 4.78 is 0. The third kappa shape index (κ3) is 2.72. The van der Waals surface area contributed by atoms with Gasteiger partial charge in [0.1, 0.15) is 0 Å². The Morgan fingerprint density at radius 1 is 0.542 bits per heavy atom. The second-order valence-corrected chi connectivity index (χ2v) is 5.63. The lowest BCUT2D eigenvalue weighted by Gasteiger charge is -2.15. The van der Waals surface area contributed by atoms with Crippen molar-refractivity contribution >= 4 is 0 Å². The molecule has 0 amide bonds. The van der Waals surface area contributed by atoms with Gasteiger partial charge >= 0.3 is 0 Å². The second-order valence-electron chi connectivity index (χ2n) is 5.63. The van der Waals surface area contributed by atoms with Crippen LogP contribution in [-0.4, -0.2) is 4.98 Å². The van der Waals surface area contributed by atoms with Crippen LogP contribution in [0.1, 0.15) is 0 Å². The van der Waals surface area contributed by atoms with Gasteiger partial charge in [0.05, 0.1) is 0 Å². The zero-order valence-electron chi connectivity index (χ0n) is 13.2. The van der Waals surface area contributed by atoms with Crippen molar-refractivity contribution in [1.29, 1.82) is 0 Å². The molecule has 3 aromatic carbocycles. The summed E-state index contributed by atoms with van der Waals surface area (Å²) in [4.78, 5) is 4.52. The largest absolute Gasteiger partial charge is 0.263 e. The van der Waals surface area contributed by atoms with Crippen LogP contribution in [-0.2, 0) is 0 Å². The molecule has 4 aromatic rings. The van der Waals surface area contributed by atoms with Gasteiger partial charge < -0.3 is 0 Å². The van der Waals surface area contributed by atoms with Crippen LogP contribution >= 0.6 is 0 Å². The van der Waals surface area contributed by atoms with Gasteiger partial charge in [0.2, 0.25) is 0 Å². The van der Waals surface area contributed by atoms with E-state index < -0.39 is 0 Å². The number of hydrogen-bond donors (Lipinski definition) is 0. The van der Waals surface area contributed by atoms with Crippen LogP contribution in [0, 0.1) is 6.07 Å². The Kier molecular flexibility index (Phi) is 3.91. The minimum absolute atomic E-state index is 1.14. The topological polar surface area (TPSA) is 12.9 Å². The minimum Gasteiger partial charge on any atom is -0.263 e. The van der Waals surface area contributed by atoms with Crippen molar-refractivity contribution in [1.82, 2.24) is 4.98 Å². The Bertz CT molecular complexity index is 872. The van der Waals surface area contributed by atoms with Crippen LogP contribution in [0.4, 0.5) is 0 Å². The fourth-order valence-electron chi connectivity index (χ4n) is 3.00. The average molecular weight is 306 g/mol. The molecule has 0 aliphatic heterocycles.